The molecular weight excluding hydrogens is 268 g/mol. The van der Waals surface area contributed by atoms with E-state index in [0.717, 1.165) is 22.7 Å². The van der Waals surface area contributed by atoms with Gasteiger partial charge in [-0.15, -0.1) is 12.6 Å². The largest absolute Gasteiger partial charge is 0.497 e. The van der Waals surface area contributed by atoms with E-state index in [9.17, 15) is 0 Å². The molecule has 4 heteroatoms. The molecule has 1 aromatic heterocycles. The van der Waals surface area contributed by atoms with Gasteiger partial charge in [0, 0.05) is 11.3 Å². The van der Waals surface area contributed by atoms with Crippen molar-refractivity contribution in [2.24, 2.45) is 0 Å². The first-order chi connectivity index (χ1) is 9.79. The number of aromatic nitrogens is 2. The number of nitrogens with zero attached hydrogens (tertiary/aromatic N) is 2. The van der Waals surface area contributed by atoms with Crippen LogP contribution < -0.4 is 4.74 Å². The Labute approximate surface area is 123 Å². The van der Waals surface area contributed by atoms with Crippen LogP contribution in [0.3, 0.4) is 0 Å². The SMILES string of the molecule is COc1ccc(-n2c(-c3ccccc3)cnc2S)cc1. The molecule has 0 amide bonds. The normalized spacial score (nSPS) is 10.5. The molecule has 20 heavy (non-hydrogen) atoms. The molecule has 0 radical (unpaired) electrons. The summed E-state index contributed by atoms with van der Waals surface area (Å²) in [6.07, 6.45) is 1.84. The molecule has 0 atom stereocenters. The summed E-state index contributed by atoms with van der Waals surface area (Å²) in [7, 11) is 1.66. The number of thiol groups is 1. The summed E-state index contributed by atoms with van der Waals surface area (Å²) in [5, 5.41) is 0.661. The minimum atomic E-state index is 0.661. The first kappa shape index (κ1) is 12.8. The van der Waals surface area contributed by atoms with Crippen LogP contribution >= 0.6 is 12.6 Å². The number of ether oxygens (including phenoxy) is 1. The minimum absolute atomic E-state index is 0.661. The number of imidazole rings is 1. The van der Waals surface area contributed by atoms with E-state index < -0.39 is 0 Å². The summed E-state index contributed by atoms with van der Waals surface area (Å²) in [6.45, 7) is 0. The molecular formula is C16H14N2OS. The van der Waals surface area contributed by atoms with Crippen LogP contribution in [0.2, 0.25) is 0 Å². The maximum absolute atomic E-state index is 5.19. The lowest BCUT2D eigenvalue weighted by atomic mass is 10.1. The van der Waals surface area contributed by atoms with E-state index >= 15 is 0 Å². The average molecular weight is 282 g/mol. The maximum Gasteiger partial charge on any atom is 0.169 e. The van der Waals surface area contributed by atoms with Gasteiger partial charge in [0.1, 0.15) is 5.75 Å². The second-order valence-electron chi connectivity index (χ2n) is 4.34. The number of hydrogen-bond donors (Lipinski definition) is 1. The van der Waals surface area contributed by atoms with Gasteiger partial charge in [-0.2, -0.15) is 0 Å². The molecule has 0 aliphatic rings. The second kappa shape index (κ2) is 5.43. The highest BCUT2D eigenvalue weighted by Crippen LogP contribution is 2.27. The standard InChI is InChI=1S/C16H14N2OS/c1-19-14-9-7-13(8-10-14)18-15(11-17-16(18)20)12-5-3-2-4-6-12/h2-11H,1H3,(H,17,20). The minimum Gasteiger partial charge on any atom is -0.497 e. The van der Waals surface area contributed by atoms with Gasteiger partial charge in [0.15, 0.2) is 5.16 Å². The Kier molecular flexibility index (Phi) is 3.48. The highest BCUT2D eigenvalue weighted by Gasteiger charge is 2.11. The third-order valence-electron chi connectivity index (χ3n) is 3.14. The molecule has 3 aromatic rings. The fraction of sp³-hybridized carbons (Fsp3) is 0.0625. The number of hydrogen-bond acceptors (Lipinski definition) is 3. The van der Waals surface area contributed by atoms with Gasteiger partial charge in [0.25, 0.3) is 0 Å². The van der Waals surface area contributed by atoms with Gasteiger partial charge in [0.05, 0.1) is 19.0 Å². The van der Waals surface area contributed by atoms with Crippen LogP contribution in [-0.2, 0) is 0 Å². The summed E-state index contributed by atoms with van der Waals surface area (Å²) in [5.41, 5.74) is 3.13. The van der Waals surface area contributed by atoms with E-state index in [4.69, 9.17) is 4.74 Å². The predicted molar refractivity (Wildman–Crippen MR) is 82.8 cm³/mol. The average Bonchev–Trinajstić information content (AvgIpc) is 2.90. The zero-order valence-electron chi connectivity index (χ0n) is 11.0. The molecule has 1 heterocycles. The summed E-state index contributed by atoms with van der Waals surface area (Å²) in [6, 6.07) is 18.0. The Bertz CT molecular complexity index is 705. The van der Waals surface area contributed by atoms with E-state index in [1.807, 2.05) is 53.2 Å². The van der Waals surface area contributed by atoms with Crippen LogP contribution in [0.15, 0.2) is 66.0 Å². The quantitative estimate of drug-likeness (QED) is 0.739. The van der Waals surface area contributed by atoms with Crippen LogP contribution in [0, 0.1) is 0 Å². The zero-order valence-corrected chi connectivity index (χ0v) is 11.9. The number of benzene rings is 2. The lowest BCUT2D eigenvalue weighted by molar-refractivity contribution is 0.414. The van der Waals surface area contributed by atoms with Gasteiger partial charge >= 0.3 is 0 Å². The van der Waals surface area contributed by atoms with Gasteiger partial charge in [-0.1, -0.05) is 30.3 Å². The Morgan fingerprint density at radius 1 is 1.00 bits per heavy atom. The summed E-state index contributed by atoms with van der Waals surface area (Å²) in [4.78, 5) is 4.31. The van der Waals surface area contributed by atoms with E-state index in [1.165, 1.54) is 0 Å². The molecule has 0 saturated heterocycles. The molecule has 0 fully saturated rings. The van der Waals surface area contributed by atoms with Crippen LogP contribution in [-0.4, -0.2) is 16.7 Å². The number of rotatable bonds is 3. The van der Waals surface area contributed by atoms with E-state index in [1.54, 1.807) is 7.11 Å². The summed E-state index contributed by atoms with van der Waals surface area (Å²) in [5.74, 6) is 0.829. The highest BCUT2D eigenvalue weighted by molar-refractivity contribution is 7.80. The first-order valence-corrected chi connectivity index (χ1v) is 6.71. The third-order valence-corrected chi connectivity index (χ3v) is 3.46. The van der Waals surface area contributed by atoms with Crippen molar-refractivity contribution >= 4 is 12.6 Å². The van der Waals surface area contributed by atoms with Gasteiger partial charge in [-0.05, 0) is 24.3 Å². The van der Waals surface area contributed by atoms with E-state index in [2.05, 4.69) is 29.7 Å². The molecule has 2 aromatic carbocycles. The Morgan fingerprint density at radius 3 is 2.35 bits per heavy atom. The maximum atomic E-state index is 5.19. The monoisotopic (exact) mass is 282 g/mol. The molecule has 0 N–H and O–H groups in total. The van der Waals surface area contributed by atoms with Crippen molar-refractivity contribution in [3.05, 3.63) is 60.8 Å². The van der Waals surface area contributed by atoms with Gasteiger partial charge in [-0.3, -0.25) is 4.57 Å². The summed E-state index contributed by atoms with van der Waals surface area (Å²) >= 11 is 4.45. The van der Waals surface area contributed by atoms with Crippen molar-refractivity contribution in [3.63, 3.8) is 0 Å². The lowest BCUT2D eigenvalue weighted by Crippen LogP contribution is -1.97. The van der Waals surface area contributed by atoms with Crippen LogP contribution in [0.25, 0.3) is 16.9 Å². The van der Waals surface area contributed by atoms with Crippen molar-refractivity contribution in [2.75, 3.05) is 7.11 Å². The topological polar surface area (TPSA) is 27.1 Å². The molecule has 0 spiro atoms. The van der Waals surface area contributed by atoms with Crippen molar-refractivity contribution in [1.82, 2.24) is 9.55 Å². The van der Waals surface area contributed by atoms with Gasteiger partial charge in [0.2, 0.25) is 0 Å². The van der Waals surface area contributed by atoms with Gasteiger partial charge < -0.3 is 4.74 Å². The van der Waals surface area contributed by atoms with Crippen molar-refractivity contribution in [2.45, 2.75) is 5.16 Å². The molecule has 0 bridgehead atoms. The fourth-order valence-electron chi connectivity index (χ4n) is 2.14. The lowest BCUT2D eigenvalue weighted by Gasteiger charge is -2.10. The van der Waals surface area contributed by atoms with Crippen molar-refractivity contribution in [3.8, 4) is 22.7 Å². The molecule has 3 nitrogen and oxygen atoms in total. The third kappa shape index (κ3) is 2.30. The Balaban J connectivity index is 2.11. The highest BCUT2D eigenvalue weighted by atomic mass is 32.1. The molecule has 0 aliphatic carbocycles. The predicted octanol–water partition coefficient (Wildman–Crippen LogP) is 3.84. The fourth-order valence-corrected chi connectivity index (χ4v) is 2.42. The van der Waals surface area contributed by atoms with Crippen LogP contribution in [0.1, 0.15) is 0 Å². The molecule has 0 unspecified atom stereocenters. The van der Waals surface area contributed by atoms with E-state index in [-0.39, 0.29) is 0 Å². The molecule has 0 saturated carbocycles. The zero-order chi connectivity index (χ0) is 13.9. The first-order valence-electron chi connectivity index (χ1n) is 6.26. The van der Waals surface area contributed by atoms with E-state index in [0.29, 0.717) is 5.16 Å². The smallest absolute Gasteiger partial charge is 0.169 e. The Morgan fingerprint density at radius 2 is 1.70 bits per heavy atom. The van der Waals surface area contributed by atoms with Crippen molar-refractivity contribution < 1.29 is 4.74 Å². The van der Waals surface area contributed by atoms with Crippen LogP contribution in [0.5, 0.6) is 5.75 Å². The summed E-state index contributed by atoms with van der Waals surface area (Å²) < 4.78 is 7.20. The molecule has 100 valence electrons. The van der Waals surface area contributed by atoms with Crippen LogP contribution in [0.4, 0.5) is 0 Å². The van der Waals surface area contributed by atoms with Crippen molar-refractivity contribution in [1.29, 1.82) is 0 Å². The molecule has 3 rings (SSSR count). The number of methoxy groups -OCH3 is 1. The Hall–Kier alpha value is -2.20. The second-order valence-corrected chi connectivity index (χ2v) is 4.74. The van der Waals surface area contributed by atoms with Gasteiger partial charge in [-0.25, -0.2) is 4.98 Å². The molecule has 0 aliphatic heterocycles.